The quantitative estimate of drug-likeness (QED) is 0.414. The molecule has 1 atom stereocenters. The van der Waals surface area contributed by atoms with Crippen molar-refractivity contribution in [3.8, 4) is 17.2 Å². The Kier molecular flexibility index (Phi) is 6.19. The average Bonchev–Trinajstić information content (AvgIpc) is 3.29. The third kappa shape index (κ3) is 4.07. The number of nitriles is 1. The summed E-state index contributed by atoms with van der Waals surface area (Å²) in [6, 6.07) is 17.6. The summed E-state index contributed by atoms with van der Waals surface area (Å²) in [5, 5.41) is 22.2. The van der Waals surface area contributed by atoms with E-state index in [0.29, 0.717) is 29.9 Å². The van der Waals surface area contributed by atoms with Gasteiger partial charge in [-0.15, -0.1) is 0 Å². The minimum Gasteiger partial charge on any atom is -0.480 e. The molecule has 7 nitrogen and oxygen atoms in total. The molecule has 160 valence electrons. The van der Waals surface area contributed by atoms with Gasteiger partial charge in [-0.05, 0) is 29.2 Å². The topological polar surface area (TPSA) is 104 Å². The Morgan fingerprint density at radius 2 is 1.97 bits per heavy atom. The Balaban J connectivity index is 1.78. The second-order valence-corrected chi connectivity index (χ2v) is 7.93. The van der Waals surface area contributed by atoms with E-state index in [4.69, 9.17) is 0 Å². The van der Waals surface area contributed by atoms with Gasteiger partial charge >= 0.3 is 5.97 Å². The predicted molar refractivity (Wildman–Crippen MR) is 124 cm³/mol. The number of carboxylic acids is 1. The van der Waals surface area contributed by atoms with Crippen LogP contribution in [-0.2, 0) is 17.6 Å². The molecule has 1 N–H and O–H groups in total. The fraction of sp³-hybridized carbons (Fsp3) is 0.208. The molecule has 0 fully saturated rings. The molecule has 0 aliphatic heterocycles. The maximum atomic E-state index is 11.7. The molecule has 0 spiro atoms. The lowest BCUT2D eigenvalue weighted by Gasteiger charge is -2.17. The zero-order chi connectivity index (χ0) is 22.7. The van der Waals surface area contributed by atoms with Crippen LogP contribution in [0, 0.1) is 11.3 Å². The van der Waals surface area contributed by atoms with Crippen molar-refractivity contribution in [2.24, 2.45) is 0 Å². The van der Waals surface area contributed by atoms with Gasteiger partial charge in [-0.1, -0.05) is 55.8 Å². The van der Waals surface area contributed by atoms with Crippen molar-refractivity contribution in [3.63, 3.8) is 0 Å². The van der Waals surface area contributed by atoms with E-state index < -0.39 is 11.2 Å². The maximum absolute atomic E-state index is 11.7. The van der Waals surface area contributed by atoms with E-state index in [1.807, 2.05) is 42.5 Å². The number of aliphatic carboxylic acids is 1. The summed E-state index contributed by atoms with van der Waals surface area (Å²) in [5.41, 5.74) is 5.52. The highest BCUT2D eigenvalue weighted by atomic mass is 32.1. The van der Waals surface area contributed by atoms with Crippen LogP contribution in [0.2, 0.25) is 0 Å². The molecule has 0 bridgehead atoms. The van der Waals surface area contributed by atoms with Gasteiger partial charge in [0.2, 0.25) is 0 Å². The number of hydrogen-bond donors (Lipinski definition) is 2. The summed E-state index contributed by atoms with van der Waals surface area (Å²) in [7, 11) is 0. The Hall–Kier alpha value is -3.70. The molecule has 8 heteroatoms. The molecule has 2 aromatic heterocycles. The Morgan fingerprint density at radius 1 is 1.22 bits per heavy atom. The van der Waals surface area contributed by atoms with E-state index >= 15 is 0 Å². The molecule has 0 aliphatic rings. The van der Waals surface area contributed by atoms with E-state index in [2.05, 4.69) is 40.7 Å². The number of aryl methyl sites for hydroxylation is 1. The van der Waals surface area contributed by atoms with Crippen molar-refractivity contribution in [1.82, 2.24) is 19.6 Å². The Bertz CT molecular complexity index is 1320. The molecule has 2 aromatic carbocycles. The lowest BCUT2D eigenvalue weighted by Crippen LogP contribution is -2.16. The van der Waals surface area contributed by atoms with Gasteiger partial charge in [0.1, 0.15) is 11.6 Å². The standard InChI is InChI=1S/C24H21N5O2S/c1-2-5-20-19(21(22(32)23(30)31)28-24-26-14-27-29(20)24)12-15-8-10-16(11-9-15)18-7-4-3-6-17(18)13-25/h3-4,6-11,14,22,32H,2,5,12H2,1H3,(H,30,31). The number of aromatic nitrogens is 4. The number of benzene rings is 2. The minimum absolute atomic E-state index is 0.371. The molecule has 0 saturated heterocycles. The molecule has 4 rings (SSSR count). The number of carboxylic acid groups (broad SMARTS) is 1. The van der Waals surface area contributed by atoms with Crippen LogP contribution in [0.1, 0.15) is 46.7 Å². The molecule has 0 radical (unpaired) electrons. The molecule has 1 unspecified atom stereocenters. The van der Waals surface area contributed by atoms with Crippen LogP contribution in [-0.4, -0.2) is 30.7 Å². The molecule has 4 aromatic rings. The van der Waals surface area contributed by atoms with Crippen molar-refractivity contribution in [2.45, 2.75) is 31.4 Å². The number of hydrogen-bond acceptors (Lipinski definition) is 6. The van der Waals surface area contributed by atoms with Crippen LogP contribution < -0.4 is 0 Å². The molecular formula is C24H21N5O2S. The Labute approximate surface area is 190 Å². The summed E-state index contributed by atoms with van der Waals surface area (Å²) >= 11 is 4.31. The zero-order valence-corrected chi connectivity index (χ0v) is 18.3. The minimum atomic E-state index is -1.07. The third-order valence-corrected chi connectivity index (χ3v) is 5.80. The van der Waals surface area contributed by atoms with Crippen molar-refractivity contribution in [2.75, 3.05) is 0 Å². The lowest BCUT2D eigenvalue weighted by molar-refractivity contribution is -0.136. The lowest BCUT2D eigenvalue weighted by atomic mass is 9.95. The molecule has 0 saturated carbocycles. The summed E-state index contributed by atoms with van der Waals surface area (Å²) in [6.45, 7) is 2.06. The largest absolute Gasteiger partial charge is 0.480 e. The first-order valence-electron chi connectivity index (χ1n) is 10.2. The van der Waals surface area contributed by atoms with Crippen LogP contribution in [0.5, 0.6) is 0 Å². The molecule has 0 aliphatic carbocycles. The van der Waals surface area contributed by atoms with Crippen molar-refractivity contribution in [1.29, 1.82) is 5.26 Å². The smallest absolute Gasteiger partial charge is 0.322 e. The van der Waals surface area contributed by atoms with Crippen molar-refractivity contribution in [3.05, 3.63) is 82.9 Å². The van der Waals surface area contributed by atoms with E-state index in [1.165, 1.54) is 6.33 Å². The van der Waals surface area contributed by atoms with Crippen molar-refractivity contribution >= 4 is 24.4 Å². The van der Waals surface area contributed by atoms with Crippen LogP contribution in [0.25, 0.3) is 16.9 Å². The van der Waals surface area contributed by atoms with Gasteiger partial charge in [-0.2, -0.15) is 28.0 Å². The maximum Gasteiger partial charge on any atom is 0.322 e. The number of carbonyl (C=O) groups is 1. The number of thiol groups is 1. The first-order chi connectivity index (χ1) is 15.5. The normalized spacial score (nSPS) is 11.9. The molecule has 0 amide bonds. The van der Waals surface area contributed by atoms with Gasteiger partial charge in [-0.25, -0.2) is 9.50 Å². The highest BCUT2D eigenvalue weighted by Crippen LogP contribution is 2.29. The highest BCUT2D eigenvalue weighted by molar-refractivity contribution is 7.81. The fourth-order valence-electron chi connectivity index (χ4n) is 3.82. The van der Waals surface area contributed by atoms with E-state index in [9.17, 15) is 15.2 Å². The molecular weight excluding hydrogens is 422 g/mol. The van der Waals surface area contributed by atoms with Gasteiger partial charge in [-0.3, -0.25) is 4.79 Å². The van der Waals surface area contributed by atoms with Crippen molar-refractivity contribution < 1.29 is 9.90 Å². The number of rotatable bonds is 7. The third-order valence-electron chi connectivity index (χ3n) is 5.34. The van der Waals surface area contributed by atoms with Crippen LogP contribution >= 0.6 is 12.6 Å². The summed E-state index contributed by atoms with van der Waals surface area (Å²) in [4.78, 5) is 20.4. The van der Waals surface area contributed by atoms with E-state index in [1.54, 1.807) is 10.6 Å². The van der Waals surface area contributed by atoms with E-state index in [0.717, 1.165) is 34.4 Å². The first-order valence-corrected chi connectivity index (χ1v) is 10.8. The van der Waals surface area contributed by atoms with Gasteiger partial charge in [0.25, 0.3) is 5.78 Å². The average molecular weight is 444 g/mol. The van der Waals surface area contributed by atoms with E-state index in [-0.39, 0.29) is 0 Å². The highest BCUT2D eigenvalue weighted by Gasteiger charge is 2.25. The van der Waals surface area contributed by atoms with Crippen LogP contribution in [0.15, 0.2) is 54.9 Å². The fourth-order valence-corrected chi connectivity index (χ4v) is 4.03. The number of nitrogens with zero attached hydrogens (tertiary/aromatic N) is 5. The molecule has 32 heavy (non-hydrogen) atoms. The predicted octanol–water partition coefficient (Wildman–Crippen LogP) is 4.26. The summed E-state index contributed by atoms with van der Waals surface area (Å²) in [6.07, 6.45) is 3.47. The summed E-state index contributed by atoms with van der Waals surface area (Å²) < 4.78 is 1.68. The monoisotopic (exact) mass is 443 g/mol. The van der Waals surface area contributed by atoms with Gasteiger partial charge in [0.05, 0.1) is 23.0 Å². The van der Waals surface area contributed by atoms with Crippen LogP contribution in [0.3, 0.4) is 0 Å². The second kappa shape index (κ2) is 9.20. The second-order valence-electron chi connectivity index (χ2n) is 7.42. The van der Waals surface area contributed by atoms with Gasteiger partial charge < -0.3 is 5.11 Å². The first kappa shape index (κ1) is 21.5. The number of fused-ring (bicyclic) bond motifs is 1. The molecule has 2 heterocycles. The van der Waals surface area contributed by atoms with Gasteiger partial charge in [0.15, 0.2) is 0 Å². The zero-order valence-electron chi connectivity index (χ0n) is 17.4. The summed E-state index contributed by atoms with van der Waals surface area (Å²) in [5.74, 6) is -0.687. The SMILES string of the molecule is CCCc1c(Cc2ccc(-c3ccccc3C#N)cc2)c(C(S)C(=O)O)nc2ncnn12. The van der Waals surface area contributed by atoms with Crippen LogP contribution in [0.4, 0.5) is 0 Å². The Morgan fingerprint density at radius 3 is 2.66 bits per heavy atom. The van der Waals surface area contributed by atoms with Gasteiger partial charge in [0, 0.05) is 12.0 Å².